The van der Waals surface area contributed by atoms with E-state index in [0.717, 1.165) is 31.5 Å². The average molecular weight is 298 g/mol. The highest BCUT2D eigenvalue weighted by Gasteiger charge is 2.17. The Balaban J connectivity index is 1.58. The third-order valence-corrected chi connectivity index (χ3v) is 4.06. The largest absolute Gasteiger partial charge is 0.347 e. The summed E-state index contributed by atoms with van der Waals surface area (Å²) in [7, 11) is 0. The van der Waals surface area contributed by atoms with Gasteiger partial charge >= 0.3 is 0 Å². The minimum Gasteiger partial charge on any atom is -0.347 e. The van der Waals surface area contributed by atoms with Crippen molar-refractivity contribution in [2.75, 3.05) is 13.1 Å². The van der Waals surface area contributed by atoms with E-state index in [4.69, 9.17) is 0 Å². The Morgan fingerprint density at radius 2 is 2.18 bits per heavy atom. The number of aryl methyl sites for hydroxylation is 1. The molecule has 5 heteroatoms. The lowest BCUT2D eigenvalue weighted by Gasteiger charge is -2.22. The Hall–Kier alpha value is -2.14. The number of rotatable bonds is 4. The normalized spacial score (nSPS) is 18.1. The van der Waals surface area contributed by atoms with Crippen LogP contribution in [0, 0.1) is 6.92 Å². The number of carbonyl (C=O) groups is 1. The molecule has 2 heterocycles. The summed E-state index contributed by atoms with van der Waals surface area (Å²) in [6, 6.07) is 10.3. The first-order chi connectivity index (χ1) is 10.7. The van der Waals surface area contributed by atoms with Crippen LogP contribution in [-0.2, 0) is 6.54 Å². The maximum absolute atomic E-state index is 12.2. The second-order valence-electron chi connectivity index (χ2n) is 5.85. The fourth-order valence-electron chi connectivity index (χ4n) is 2.70. The van der Waals surface area contributed by atoms with E-state index in [-0.39, 0.29) is 5.91 Å². The SMILES string of the molecule is Cc1ccc(CNC(=O)c2ccn(C3CCCNC3)n2)cc1. The molecule has 1 aromatic carbocycles. The average Bonchev–Trinajstić information content (AvgIpc) is 3.05. The van der Waals surface area contributed by atoms with Gasteiger partial charge in [-0.05, 0) is 37.9 Å². The predicted molar refractivity (Wildman–Crippen MR) is 85.7 cm³/mol. The molecule has 1 saturated heterocycles. The lowest BCUT2D eigenvalue weighted by Crippen LogP contribution is -2.32. The summed E-state index contributed by atoms with van der Waals surface area (Å²) in [5, 5.41) is 10.7. The summed E-state index contributed by atoms with van der Waals surface area (Å²) >= 11 is 0. The first-order valence-corrected chi connectivity index (χ1v) is 7.82. The Morgan fingerprint density at radius 3 is 2.91 bits per heavy atom. The van der Waals surface area contributed by atoms with Crippen molar-refractivity contribution in [1.82, 2.24) is 20.4 Å². The molecule has 1 unspecified atom stereocenters. The van der Waals surface area contributed by atoms with Crippen LogP contribution in [0.3, 0.4) is 0 Å². The standard InChI is InChI=1S/C17H22N4O/c1-13-4-6-14(7-5-13)11-19-17(22)16-8-10-21(20-16)15-3-2-9-18-12-15/h4-8,10,15,18H,2-3,9,11-12H2,1H3,(H,19,22). The molecule has 0 spiro atoms. The summed E-state index contributed by atoms with van der Waals surface area (Å²) in [4.78, 5) is 12.2. The lowest BCUT2D eigenvalue weighted by atomic mass is 10.1. The van der Waals surface area contributed by atoms with E-state index in [1.165, 1.54) is 5.56 Å². The maximum atomic E-state index is 12.2. The number of aromatic nitrogens is 2. The van der Waals surface area contributed by atoms with Gasteiger partial charge in [0, 0.05) is 19.3 Å². The third kappa shape index (κ3) is 3.54. The molecule has 1 fully saturated rings. The first-order valence-electron chi connectivity index (χ1n) is 7.82. The van der Waals surface area contributed by atoms with Gasteiger partial charge in [0.25, 0.3) is 5.91 Å². The number of nitrogens with one attached hydrogen (secondary N) is 2. The Bertz CT molecular complexity index is 626. The van der Waals surface area contributed by atoms with Crippen LogP contribution in [0.4, 0.5) is 0 Å². The number of hydrogen-bond donors (Lipinski definition) is 2. The van der Waals surface area contributed by atoms with Crippen molar-refractivity contribution in [2.24, 2.45) is 0 Å². The molecule has 0 saturated carbocycles. The van der Waals surface area contributed by atoms with Gasteiger partial charge in [0.1, 0.15) is 5.69 Å². The summed E-state index contributed by atoms with van der Waals surface area (Å²) in [6.45, 7) is 4.57. The van der Waals surface area contributed by atoms with Crippen LogP contribution in [0.5, 0.6) is 0 Å². The number of piperidine rings is 1. The van der Waals surface area contributed by atoms with Gasteiger partial charge in [-0.2, -0.15) is 5.10 Å². The number of carbonyl (C=O) groups excluding carboxylic acids is 1. The van der Waals surface area contributed by atoms with E-state index in [2.05, 4.69) is 22.7 Å². The molecule has 0 radical (unpaired) electrons. The Labute approximate surface area is 130 Å². The van der Waals surface area contributed by atoms with Crippen molar-refractivity contribution in [3.63, 3.8) is 0 Å². The van der Waals surface area contributed by atoms with Crippen LogP contribution in [-0.4, -0.2) is 28.8 Å². The first kappa shape index (κ1) is 14.8. The number of hydrogen-bond acceptors (Lipinski definition) is 3. The number of nitrogens with zero attached hydrogens (tertiary/aromatic N) is 2. The molecule has 2 aromatic rings. The van der Waals surface area contributed by atoms with Crippen LogP contribution in [0.25, 0.3) is 0 Å². The zero-order chi connectivity index (χ0) is 15.4. The topological polar surface area (TPSA) is 59.0 Å². The molecule has 1 aliphatic rings. The van der Waals surface area contributed by atoms with Crippen LogP contribution in [0.2, 0.25) is 0 Å². The van der Waals surface area contributed by atoms with E-state index < -0.39 is 0 Å². The zero-order valence-corrected chi connectivity index (χ0v) is 12.9. The van der Waals surface area contributed by atoms with Crippen LogP contribution in [0.15, 0.2) is 36.5 Å². The lowest BCUT2D eigenvalue weighted by molar-refractivity contribution is 0.0944. The van der Waals surface area contributed by atoms with Gasteiger partial charge < -0.3 is 10.6 Å². The van der Waals surface area contributed by atoms with Gasteiger partial charge in [0.2, 0.25) is 0 Å². The van der Waals surface area contributed by atoms with E-state index in [1.807, 2.05) is 35.1 Å². The van der Waals surface area contributed by atoms with Crippen molar-refractivity contribution in [1.29, 1.82) is 0 Å². The Morgan fingerprint density at radius 1 is 1.36 bits per heavy atom. The van der Waals surface area contributed by atoms with Crippen LogP contribution >= 0.6 is 0 Å². The summed E-state index contributed by atoms with van der Waals surface area (Å²) in [5.41, 5.74) is 2.79. The second kappa shape index (κ2) is 6.75. The minimum atomic E-state index is -0.122. The number of amides is 1. The van der Waals surface area contributed by atoms with E-state index in [9.17, 15) is 4.79 Å². The van der Waals surface area contributed by atoms with Crippen molar-refractivity contribution >= 4 is 5.91 Å². The van der Waals surface area contributed by atoms with Crippen LogP contribution < -0.4 is 10.6 Å². The summed E-state index contributed by atoms with van der Waals surface area (Å²) < 4.78 is 1.91. The van der Waals surface area contributed by atoms with Crippen molar-refractivity contribution in [3.05, 3.63) is 53.3 Å². The molecule has 1 aromatic heterocycles. The molecule has 1 amide bonds. The van der Waals surface area contributed by atoms with Crippen molar-refractivity contribution in [2.45, 2.75) is 32.4 Å². The van der Waals surface area contributed by atoms with Gasteiger partial charge in [-0.25, -0.2) is 0 Å². The molecular weight excluding hydrogens is 276 g/mol. The predicted octanol–water partition coefficient (Wildman–Crippen LogP) is 2.05. The monoisotopic (exact) mass is 298 g/mol. The molecule has 3 rings (SSSR count). The van der Waals surface area contributed by atoms with E-state index in [1.54, 1.807) is 6.07 Å². The molecule has 5 nitrogen and oxygen atoms in total. The van der Waals surface area contributed by atoms with Gasteiger partial charge in [0.15, 0.2) is 0 Å². The fraction of sp³-hybridized carbons (Fsp3) is 0.412. The van der Waals surface area contributed by atoms with Gasteiger partial charge in [-0.3, -0.25) is 9.48 Å². The van der Waals surface area contributed by atoms with E-state index >= 15 is 0 Å². The molecular formula is C17H22N4O. The fourth-order valence-corrected chi connectivity index (χ4v) is 2.70. The van der Waals surface area contributed by atoms with Crippen LogP contribution in [0.1, 0.15) is 40.5 Å². The molecule has 2 N–H and O–H groups in total. The highest BCUT2D eigenvalue weighted by Crippen LogP contribution is 2.15. The third-order valence-electron chi connectivity index (χ3n) is 4.06. The van der Waals surface area contributed by atoms with Crippen molar-refractivity contribution < 1.29 is 4.79 Å². The Kier molecular flexibility index (Phi) is 4.53. The quantitative estimate of drug-likeness (QED) is 0.908. The molecule has 0 bridgehead atoms. The zero-order valence-electron chi connectivity index (χ0n) is 12.9. The van der Waals surface area contributed by atoms with Crippen molar-refractivity contribution in [3.8, 4) is 0 Å². The molecule has 22 heavy (non-hydrogen) atoms. The summed E-state index contributed by atoms with van der Waals surface area (Å²) in [6.07, 6.45) is 4.16. The number of benzene rings is 1. The molecule has 0 aliphatic carbocycles. The van der Waals surface area contributed by atoms with E-state index in [0.29, 0.717) is 18.3 Å². The highest BCUT2D eigenvalue weighted by atomic mass is 16.1. The van der Waals surface area contributed by atoms with Gasteiger partial charge in [-0.15, -0.1) is 0 Å². The molecule has 1 atom stereocenters. The second-order valence-corrected chi connectivity index (χ2v) is 5.85. The summed E-state index contributed by atoms with van der Waals surface area (Å²) in [5.74, 6) is -0.122. The molecule has 1 aliphatic heterocycles. The van der Waals surface area contributed by atoms with Gasteiger partial charge in [-0.1, -0.05) is 29.8 Å². The highest BCUT2D eigenvalue weighted by molar-refractivity contribution is 5.92. The minimum absolute atomic E-state index is 0.122. The molecule has 116 valence electrons. The maximum Gasteiger partial charge on any atom is 0.272 e. The smallest absolute Gasteiger partial charge is 0.272 e. The van der Waals surface area contributed by atoms with Gasteiger partial charge in [0.05, 0.1) is 6.04 Å².